The van der Waals surface area contributed by atoms with Crippen molar-refractivity contribution in [2.24, 2.45) is 5.92 Å². The van der Waals surface area contributed by atoms with E-state index >= 15 is 0 Å². The Bertz CT molecular complexity index is 1010. The highest BCUT2D eigenvalue weighted by molar-refractivity contribution is 8.00. The number of nitrogens with one attached hydrogen (secondary N) is 3. The summed E-state index contributed by atoms with van der Waals surface area (Å²) in [6, 6.07) is 18.3. The van der Waals surface area contributed by atoms with Crippen LogP contribution in [-0.2, 0) is 27.5 Å². The van der Waals surface area contributed by atoms with Crippen molar-refractivity contribution in [1.29, 1.82) is 5.41 Å². The highest BCUT2D eigenvalue weighted by Gasteiger charge is 2.38. The van der Waals surface area contributed by atoms with E-state index in [-0.39, 0.29) is 37.0 Å². The fraction of sp³-hybridized carbons (Fsp3) is 0.360. The lowest BCUT2D eigenvalue weighted by atomic mass is 9.95. The molecule has 10 heteroatoms. The first-order valence-electron chi connectivity index (χ1n) is 11.4. The molecular weight excluding hydrogens is 468 g/mol. The number of alkyl carbamates (subject to hydrolysis) is 1. The lowest BCUT2D eigenvalue weighted by Gasteiger charge is -2.36. The molecule has 0 spiro atoms. The second-order valence-electron chi connectivity index (χ2n) is 7.86. The third kappa shape index (κ3) is 8.03. The van der Waals surface area contributed by atoms with Crippen molar-refractivity contribution in [2.45, 2.75) is 38.4 Å². The Labute approximate surface area is 209 Å². The van der Waals surface area contributed by atoms with Gasteiger partial charge in [0.25, 0.3) is 0 Å². The summed E-state index contributed by atoms with van der Waals surface area (Å²) in [5.74, 6) is 0.296. The molecule has 2 unspecified atom stereocenters. The molecule has 1 saturated heterocycles. The van der Waals surface area contributed by atoms with Gasteiger partial charge in [0, 0.05) is 6.54 Å². The van der Waals surface area contributed by atoms with Crippen LogP contribution in [0, 0.1) is 11.3 Å². The van der Waals surface area contributed by atoms with Gasteiger partial charge in [0.2, 0.25) is 11.9 Å². The molecule has 3 amide bonds. The van der Waals surface area contributed by atoms with E-state index in [4.69, 9.17) is 14.9 Å². The maximum Gasteiger partial charge on any atom is 0.416 e. The van der Waals surface area contributed by atoms with Gasteiger partial charge in [-0.15, -0.1) is 11.8 Å². The van der Waals surface area contributed by atoms with E-state index in [9.17, 15) is 14.4 Å². The van der Waals surface area contributed by atoms with Crippen molar-refractivity contribution >= 4 is 35.8 Å². The molecule has 2 aromatic carbocycles. The molecule has 0 bridgehead atoms. The lowest BCUT2D eigenvalue weighted by Crippen LogP contribution is -2.56. The van der Waals surface area contributed by atoms with Crippen molar-refractivity contribution < 1.29 is 23.9 Å². The second kappa shape index (κ2) is 13.4. The Morgan fingerprint density at radius 1 is 1.03 bits per heavy atom. The van der Waals surface area contributed by atoms with E-state index in [2.05, 4.69) is 10.6 Å². The largest absolute Gasteiger partial charge is 0.444 e. The summed E-state index contributed by atoms with van der Waals surface area (Å²) in [4.78, 5) is 38.0. The summed E-state index contributed by atoms with van der Waals surface area (Å²) >= 11 is 1.67. The minimum absolute atomic E-state index is 0.00755. The summed E-state index contributed by atoms with van der Waals surface area (Å²) in [5, 5.41) is 13.5. The van der Waals surface area contributed by atoms with Crippen LogP contribution in [0.1, 0.15) is 30.9 Å². The number of hydrogen-bond acceptors (Lipinski definition) is 7. The molecule has 35 heavy (non-hydrogen) atoms. The van der Waals surface area contributed by atoms with Gasteiger partial charge in [0.15, 0.2) is 0 Å². The summed E-state index contributed by atoms with van der Waals surface area (Å²) in [7, 11) is 0. The van der Waals surface area contributed by atoms with Gasteiger partial charge in [-0.3, -0.25) is 15.5 Å². The Morgan fingerprint density at radius 2 is 1.63 bits per heavy atom. The summed E-state index contributed by atoms with van der Waals surface area (Å²) in [6.45, 7) is 2.20. The minimum Gasteiger partial charge on any atom is -0.444 e. The number of amides is 3. The van der Waals surface area contributed by atoms with Gasteiger partial charge in [-0.05, 0) is 29.7 Å². The molecule has 186 valence electrons. The summed E-state index contributed by atoms with van der Waals surface area (Å²) in [5.41, 5.74) is 1.60. The monoisotopic (exact) mass is 498 g/mol. The number of hydrogen-bond donors (Lipinski definition) is 3. The third-order valence-electron chi connectivity index (χ3n) is 5.36. The number of guanidine groups is 1. The zero-order valence-corrected chi connectivity index (χ0v) is 20.4. The van der Waals surface area contributed by atoms with Crippen LogP contribution in [0.25, 0.3) is 0 Å². The number of rotatable bonds is 10. The predicted octanol–water partition coefficient (Wildman–Crippen LogP) is 4.09. The molecule has 1 aliphatic heterocycles. The van der Waals surface area contributed by atoms with Crippen molar-refractivity contribution in [3.8, 4) is 0 Å². The Morgan fingerprint density at radius 3 is 2.20 bits per heavy atom. The highest BCUT2D eigenvalue weighted by atomic mass is 32.2. The zero-order chi connectivity index (χ0) is 25.0. The number of carbonyl (C=O) groups excluding carboxylic acids is 3. The first-order chi connectivity index (χ1) is 17.0. The van der Waals surface area contributed by atoms with Crippen LogP contribution < -0.4 is 10.6 Å². The van der Waals surface area contributed by atoms with Crippen molar-refractivity contribution in [1.82, 2.24) is 15.5 Å². The highest BCUT2D eigenvalue weighted by Crippen LogP contribution is 2.29. The average Bonchev–Trinajstić information content (AvgIpc) is 2.87. The number of benzene rings is 2. The summed E-state index contributed by atoms with van der Waals surface area (Å²) < 4.78 is 10.5. The average molecular weight is 499 g/mol. The molecule has 3 N–H and O–H groups in total. The molecule has 2 aromatic rings. The van der Waals surface area contributed by atoms with Crippen LogP contribution in [0.15, 0.2) is 60.7 Å². The molecule has 0 radical (unpaired) electrons. The van der Waals surface area contributed by atoms with E-state index in [0.29, 0.717) is 12.8 Å². The van der Waals surface area contributed by atoms with Gasteiger partial charge in [-0.1, -0.05) is 67.6 Å². The van der Waals surface area contributed by atoms with Crippen LogP contribution in [0.5, 0.6) is 0 Å². The maximum atomic E-state index is 12.8. The molecule has 1 heterocycles. The van der Waals surface area contributed by atoms with E-state index in [0.717, 1.165) is 21.8 Å². The summed E-state index contributed by atoms with van der Waals surface area (Å²) in [6.07, 6.45) is -0.600. The fourth-order valence-electron chi connectivity index (χ4n) is 3.49. The number of β-lactam (4-membered cyclic amide) rings is 1. The first-order valence-corrected chi connectivity index (χ1v) is 12.5. The fourth-order valence-corrected chi connectivity index (χ4v) is 4.54. The SMILES string of the molecule is CCSC1NC(=O)C1CCCN(C(=N)NC(=O)OCc1ccccc1)C(=O)OCc1ccccc1. The lowest BCUT2D eigenvalue weighted by molar-refractivity contribution is -0.132. The number of nitrogens with zero attached hydrogens (tertiary/aromatic N) is 1. The van der Waals surface area contributed by atoms with E-state index < -0.39 is 18.1 Å². The molecule has 0 aromatic heterocycles. The maximum absolute atomic E-state index is 12.8. The molecule has 1 aliphatic rings. The molecule has 1 fully saturated rings. The van der Waals surface area contributed by atoms with Crippen molar-refractivity contribution in [3.05, 3.63) is 71.8 Å². The molecule has 2 atom stereocenters. The second-order valence-corrected chi connectivity index (χ2v) is 9.28. The van der Waals surface area contributed by atoms with Crippen molar-refractivity contribution in [3.63, 3.8) is 0 Å². The molecule has 9 nitrogen and oxygen atoms in total. The minimum atomic E-state index is -0.850. The smallest absolute Gasteiger partial charge is 0.416 e. The zero-order valence-electron chi connectivity index (χ0n) is 19.6. The van der Waals surface area contributed by atoms with E-state index in [1.807, 2.05) is 67.6 Å². The van der Waals surface area contributed by atoms with Gasteiger partial charge in [-0.25, -0.2) is 14.5 Å². The van der Waals surface area contributed by atoms with Crippen LogP contribution in [-0.4, -0.2) is 46.6 Å². The van der Waals surface area contributed by atoms with Gasteiger partial charge in [0.1, 0.15) is 13.2 Å². The first kappa shape index (κ1) is 26.1. The number of thioether (sulfide) groups is 1. The quantitative estimate of drug-likeness (QED) is 0.258. The van der Waals surface area contributed by atoms with Gasteiger partial charge >= 0.3 is 12.2 Å². The molecular formula is C25H30N4O5S. The van der Waals surface area contributed by atoms with Gasteiger partial charge in [-0.2, -0.15) is 0 Å². The van der Waals surface area contributed by atoms with Crippen LogP contribution in [0.2, 0.25) is 0 Å². The Hall–Kier alpha value is -3.53. The third-order valence-corrected chi connectivity index (χ3v) is 6.50. The van der Waals surface area contributed by atoms with E-state index in [1.165, 1.54) is 0 Å². The van der Waals surface area contributed by atoms with Crippen molar-refractivity contribution in [2.75, 3.05) is 12.3 Å². The van der Waals surface area contributed by atoms with Crippen LogP contribution in [0.4, 0.5) is 9.59 Å². The Kier molecular flexibility index (Phi) is 9.97. The number of ether oxygens (including phenoxy) is 2. The number of carbonyl (C=O) groups is 3. The molecule has 3 rings (SSSR count). The Balaban J connectivity index is 1.55. The van der Waals surface area contributed by atoms with Gasteiger partial charge < -0.3 is 14.8 Å². The topological polar surface area (TPSA) is 121 Å². The van der Waals surface area contributed by atoms with E-state index in [1.54, 1.807) is 11.8 Å². The normalized spacial score (nSPS) is 16.4. The van der Waals surface area contributed by atoms with Gasteiger partial charge in [0.05, 0.1) is 11.3 Å². The standard InChI is InChI=1S/C25H30N4O5S/c1-2-35-22-20(21(30)27-22)14-9-15-29(25(32)34-17-19-12-7-4-8-13-19)23(26)28-24(31)33-16-18-10-5-3-6-11-18/h3-8,10-13,20,22H,2,9,14-17H2,1H3,(H,27,30)(H2,26,28,31). The van der Waals surface area contributed by atoms with Crippen LogP contribution in [0.3, 0.4) is 0 Å². The molecule has 0 saturated carbocycles. The molecule has 0 aliphatic carbocycles. The van der Waals surface area contributed by atoms with Crippen LogP contribution >= 0.6 is 11.8 Å². The predicted molar refractivity (Wildman–Crippen MR) is 134 cm³/mol.